The first-order valence-corrected chi connectivity index (χ1v) is 7.72. The fourth-order valence-electron chi connectivity index (χ4n) is 1.92. The van der Waals surface area contributed by atoms with E-state index >= 15 is 0 Å². The zero-order valence-electron chi connectivity index (χ0n) is 11.9. The molecule has 2 aromatic carbocycles. The highest BCUT2D eigenvalue weighted by molar-refractivity contribution is 9.10. The van der Waals surface area contributed by atoms with Crippen molar-refractivity contribution in [1.29, 1.82) is 0 Å². The molecule has 106 valence electrons. The summed E-state index contributed by atoms with van der Waals surface area (Å²) in [5.74, 6) is 1.75. The molecule has 0 bridgehead atoms. The van der Waals surface area contributed by atoms with Crippen molar-refractivity contribution in [3.05, 3.63) is 58.1 Å². The van der Waals surface area contributed by atoms with Crippen LogP contribution in [0.3, 0.4) is 0 Å². The number of halogens is 1. The van der Waals surface area contributed by atoms with Gasteiger partial charge in [-0.25, -0.2) is 0 Å². The van der Waals surface area contributed by atoms with Crippen molar-refractivity contribution < 1.29 is 4.74 Å². The normalized spacial score (nSPS) is 10.6. The first-order chi connectivity index (χ1) is 9.70. The SMILES string of the molecule is CCCNCc1ccc(C)c(Oc2ccccc2Br)c1. The van der Waals surface area contributed by atoms with Crippen LogP contribution in [0.1, 0.15) is 24.5 Å². The van der Waals surface area contributed by atoms with E-state index in [1.54, 1.807) is 0 Å². The Morgan fingerprint density at radius 1 is 1.10 bits per heavy atom. The van der Waals surface area contributed by atoms with Crippen molar-refractivity contribution in [2.45, 2.75) is 26.8 Å². The monoisotopic (exact) mass is 333 g/mol. The summed E-state index contributed by atoms with van der Waals surface area (Å²) in [4.78, 5) is 0. The van der Waals surface area contributed by atoms with Crippen LogP contribution in [-0.4, -0.2) is 6.54 Å². The number of aryl methyl sites for hydroxylation is 1. The Balaban J connectivity index is 2.14. The van der Waals surface area contributed by atoms with Gasteiger partial charge in [0.15, 0.2) is 0 Å². The lowest BCUT2D eigenvalue weighted by atomic mass is 10.1. The Hall–Kier alpha value is -1.32. The standard InChI is InChI=1S/C17H20BrNO/c1-3-10-19-12-14-9-8-13(2)17(11-14)20-16-7-5-4-6-15(16)18/h4-9,11,19H,3,10,12H2,1-2H3. The molecular weight excluding hydrogens is 314 g/mol. The van der Waals surface area contributed by atoms with Crippen LogP contribution in [0.2, 0.25) is 0 Å². The number of ether oxygens (including phenoxy) is 1. The third-order valence-corrected chi connectivity index (χ3v) is 3.72. The summed E-state index contributed by atoms with van der Waals surface area (Å²) in [6, 6.07) is 14.3. The highest BCUT2D eigenvalue weighted by atomic mass is 79.9. The number of benzene rings is 2. The summed E-state index contributed by atoms with van der Waals surface area (Å²) in [6.45, 7) is 6.15. The molecule has 0 fully saturated rings. The minimum atomic E-state index is 0.842. The first kappa shape index (κ1) is 15.1. The summed E-state index contributed by atoms with van der Waals surface area (Å²) in [6.07, 6.45) is 1.15. The van der Waals surface area contributed by atoms with Crippen LogP contribution < -0.4 is 10.1 Å². The van der Waals surface area contributed by atoms with E-state index in [-0.39, 0.29) is 0 Å². The Morgan fingerprint density at radius 3 is 2.65 bits per heavy atom. The maximum Gasteiger partial charge on any atom is 0.141 e. The van der Waals surface area contributed by atoms with Gasteiger partial charge in [-0.15, -0.1) is 0 Å². The number of para-hydroxylation sites is 1. The van der Waals surface area contributed by atoms with Crippen LogP contribution in [-0.2, 0) is 6.54 Å². The van der Waals surface area contributed by atoms with Crippen molar-refractivity contribution in [3.63, 3.8) is 0 Å². The van der Waals surface area contributed by atoms with Crippen molar-refractivity contribution >= 4 is 15.9 Å². The predicted molar refractivity (Wildman–Crippen MR) is 87.4 cm³/mol. The van der Waals surface area contributed by atoms with Gasteiger partial charge in [0.25, 0.3) is 0 Å². The van der Waals surface area contributed by atoms with Crippen LogP contribution in [0, 0.1) is 6.92 Å². The second kappa shape index (κ2) is 7.46. The molecule has 2 nitrogen and oxygen atoms in total. The van der Waals surface area contributed by atoms with Gasteiger partial charge in [0.2, 0.25) is 0 Å². The lowest BCUT2D eigenvalue weighted by Gasteiger charge is -2.12. The average Bonchev–Trinajstić information content (AvgIpc) is 2.45. The Bertz CT molecular complexity index is 569. The van der Waals surface area contributed by atoms with E-state index in [1.165, 1.54) is 5.56 Å². The molecule has 0 unspecified atom stereocenters. The summed E-state index contributed by atoms with van der Waals surface area (Å²) in [5, 5.41) is 3.41. The molecule has 3 heteroatoms. The number of hydrogen-bond donors (Lipinski definition) is 1. The molecule has 0 spiro atoms. The van der Waals surface area contributed by atoms with E-state index < -0.39 is 0 Å². The van der Waals surface area contributed by atoms with Crippen molar-refractivity contribution in [1.82, 2.24) is 5.32 Å². The third-order valence-electron chi connectivity index (χ3n) is 3.07. The first-order valence-electron chi connectivity index (χ1n) is 6.93. The summed E-state index contributed by atoms with van der Waals surface area (Å²) >= 11 is 3.51. The number of rotatable bonds is 6. The molecule has 0 aliphatic carbocycles. The van der Waals surface area contributed by atoms with Crippen molar-refractivity contribution in [3.8, 4) is 11.5 Å². The minimum absolute atomic E-state index is 0.842. The molecule has 20 heavy (non-hydrogen) atoms. The third kappa shape index (κ3) is 4.09. The molecule has 0 atom stereocenters. The van der Waals surface area contributed by atoms with E-state index in [1.807, 2.05) is 24.3 Å². The number of nitrogens with one attached hydrogen (secondary N) is 1. The zero-order valence-corrected chi connectivity index (χ0v) is 13.5. The van der Waals surface area contributed by atoms with E-state index in [9.17, 15) is 0 Å². The van der Waals surface area contributed by atoms with Crippen LogP contribution in [0.15, 0.2) is 46.9 Å². The van der Waals surface area contributed by atoms with Crippen LogP contribution >= 0.6 is 15.9 Å². The van der Waals surface area contributed by atoms with E-state index in [0.29, 0.717) is 0 Å². The Labute approximate surface area is 129 Å². The molecular formula is C17H20BrNO. The molecule has 0 aliphatic heterocycles. The molecule has 2 rings (SSSR count). The van der Waals surface area contributed by atoms with E-state index in [4.69, 9.17) is 4.74 Å². The summed E-state index contributed by atoms with van der Waals surface area (Å²) in [7, 11) is 0. The van der Waals surface area contributed by atoms with Crippen LogP contribution in [0.4, 0.5) is 0 Å². The van der Waals surface area contributed by atoms with E-state index in [2.05, 4.69) is 53.3 Å². The molecule has 0 amide bonds. The largest absolute Gasteiger partial charge is 0.456 e. The Kier molecular flexibility index (Phi) is 5.62. The fraction of sp³-hybridized carbons (Fsp3) is 0.294. The highest BCUT2D eigenvalue weighted by Crippen LogP contribution is 2.31. The van der Waals surface area contributed by atoms with Gasteiger partial charge in [0.1, 0.15) is 11.5 Å². The molecule has 0 aromatic heterocycles. The molecule has 0 heterocycles. The minimum Gasteiger partial charge on any atom is -0.456 e. The van der Waals surface area contributed by atoms with Gasteiger partial charge >= 0.3 is 0 Å². The molecule has 2 aromatic rings. The molecule has 0 saturated heterocycles. The maximum absolute atomic E-state index is 6.01. The van der Waals surface area contributed by atoms with Gasteiger partial charge in [-0.1, -0.05) is 31.2 Å². The van der Waals surface area contributed by atoms with Gasteiger partial charge in [-0.3, -0.25) is 0 Å². The topological polar surface area (TPSA) is 21.3 Å². The molecule has 0 radical (unpaired) electrons. The summed E-state index contributed by atoms with van der Waals surface area (Å²) < 4.78 is 6.98. The maximum atomic E-state index is 6.01. The second-order valence-electron chi connectivity index (χ2n) is 4.81. The van der Waals surface area contributed by atoms with Crippen molar-refractivity contribution in [2.75, 3.05) is 6.54 Å². The van der Waals surface area contributed by atoms with Crippen LogP contribution in [0.25, 0.3) is 0 Å². The smallest absolute Gasteiger partial charge is 0.141 e. The van der Waals surface area contributed by atoms with Gasteiger partial charge in [-0.2, -0.15) is 0 Å². The Morgan fingerprint density at radius 2 is 1.90 bits per heavy atom. The lowest BCUT2D eigenvalue weighted by Crippen LogP contribution is -2.13. The quantitative estimate of drug-likeness (QED) is 0.747. The molecule has 0 saturated carbocycles. The number of hydrogen-bond acceptors (Lipinski definition) is 2. The van der Waals surface area contributed by atoms with Gasteiger partial charge < -0.3 is 10.1 Å². The second-order valence-corrected chi connectivity index (χ2v) is 5.66. The van der Waals surface area contributed by atoms with Gasteiger partial charge in [0.05, 0.1) is 4.47 Å². The highest BCUT2D eigenvalue weighted by Gasteiger charge is 2.05. The average molecular weight is 334 g/mol. The van der Waals surface area contributed by atoms with Gasteiger partial charge in [-0.05, 0) is 65.1 Å². The molecule has 0 aliphatic rings. The van der Waals surface area contributed by atoms with Crippen LogP contribution in [0.5, 0.6) is 11.5 Å². The summed E-state index contributed by atoms with van der Waals surface area (Å²) in [5.41, 5.74) is 2.38. The van der Waals surface area contributed by atoms with Gasteiger partial charge in [0, 0.05) is 6.54 Å². The predicted octanol–water partition coefficient (Wildman–Crippen LogP) is 5.05. The van der Waals surface area contributed by atoms with Crippen molar-refractivity contribution in [2.24, 2.45) is 0 Å². The van der Waals surface area contributed by atoms with E-state index in [0.717, 1.165) is 41.0 Å². The lowest BCUT2D eigenvalue weighted by molar-refractivity contribution is 0.475. The fourth-order valence-corrected chi connectivity index (χ4v) is 2.29. The molecule has 1 N–H and O–H groups in total. The zero-order chi connectivity index (χ0) is 14.4.